The van der Waals surface area contributed by atoms with Crippen LogP contribution in [0.3, 0.4) is 0 Å². The normalized spacial score (nSPS) is 15.1. The van der Waals surface area contributed by atoms with Gasteiger partial charge in [0.15, 0.2) is 0 Å². The Bertz CT molecular complexity index is 858. The van der Waals surface area contributed by atoms with Crippen molar-refractivity contribution in [1.29, 1.82) is 0 Å². The van der Waals surface area contributed by atoms with Crippen molar-refractivity contribution >= 4 is 22.6 Å². The summed E-state index contributed by atoms with van der Waals surface area (Å²) in [7, 11) is -0.943. The van der Waals surface area contributed by atoms with Crippen molar-refractivity contribution in [3.8, 4) is 0 Å². The molecule has 148 valence electrons. The van der Waals surface area contributed by atoms with Crippen molar-refractivity contribution < 1.29 is 13.8 Å². The molecule has 1 aliphatic heterocycles. The van der Waals surface area contributed by atoms with Crippen LogP contribution in [-0.4, -0.2) is 40.3 Å². The van der Waals surface area contributed by atoms with Crippen LogP contribution >= 0.6 is 0 Å². The van der Waals surface area contributed by atoms with Crippen LogP contribution in [0, 0.1) is 0 Å². The molecule has 1 N–H and O–H groups in total. The molecule has 1 aliphatic rings. The van der Waals surface area contributed by atoms with Gasteiger partial charge in [-0.25, -0.2) is 0 Å². The fraction of sp³-hybridized carbons (Fsp3) is 0.364. The van der Waals surface area contributed by atoms with Crippen molar-refractivity contribution in [2.75, 3.05) is 19.3 Å². The average Bonchev–Trinajstić information content (AvgIpc) is 2.72. The van der Waals surface area contributed by atoms with Crippen LogP contribution in [0.25, 0.3) is 0 Å². The molecule has 0 aliphatic carbocycles. The van der Waals surface area contributed by atoms with Gasteiger partial charge in [0, 0.05) is 53.6 Å². The molecule has 28 heavy (non-hydrogen) atoms. The van der Waals surface area contributed by atoms with Crippen molar-refractivity contribution in [2.45, 2.75) is 31.6 Å². The molecule has 1 unspecified atom stereocenters. The maximum Gasteiger partial charge on any atom is 0.253 e. The quantitative estimate of drug-likeness (QED) is 0.813. The summed E-state index contributed by atoms with van der Waals surface area (Å²) < 4.78 is 11.4. The topological polar surface area (TPSA) is 66.5 Å². The molecule has 1 heterocycles. The highest BCUT2D eigenvalue weighted by atomic mass is 32.2. The Morgan fingerprint density at radius 1 is 0.964 bits per heavy atom. The number of carbonyl (C=O) groups excluding carboxylic acids is 2. The van der Waals surface area contributed by atoms with Gasteiger partial charge in [-0.1, -0.05) is 24.3 Å². The largest absolute Gasteiger partial charge is 0.348 e. The minimum absolute atomic E-state index is 0.0837. The van der Waals surface area contributed by atoms with E-state index in [1.165, 1.54) is 6.42 Å². The molecule has 6 heteroatoms. The fourth-order valence-electron chi connectivity index (χ4n) is 3.37. The molecule has 3 rings (SSSR count). The van der Waals surface area contributed by atoms with Gasteiger partial charge in [0.2, 0.25) is 0 Å². The number of rotatable bonds is 6. The Balaban J connectivity index is 1.56. The molecule has 0 radical (unpaired) electrons. The number of benzene rings is 2. The lowest BCUT2D eigenvalue weighted by Crippen LogP contribution is -2.35. The van der Waals surface area contributed by atoms with E-state index in [0.717, 1.165) is 37.1 Å². The number of piperidine rings is 1. The zero-order valence-electron chi connectivity index (χ0n) is 16.1. The van der Waals surface area contributed by atoms with Crippen molar-refractivity contribution in [3.63, 3.8) is 0 Å². The van der Waals surface area contributed by atoms with Gasteiger partial charge in [-0.3, -0.25) is 13.8 Å². The number of hydrogen-bond donors (Lipinski definition) is 1. The summed E-state index contributed by atoms with van der Waals surface area (Å²) in [5.41, 5.74) is 3.07. The SMILES string of the molecule is CS(=O)Cc1cccc(C(=O)NCc2ccc(C(=O)N3CCCCC3)cc2)c1. The van der Waals surface area contributed by atoms with Crippen LogP contribution in [0.15, 0.2) is 48.5 Å². The minimum atomic E-state index is -0.943. The van der Waals surface area contributed by atoms with E-state index in [2.05, 4.69) is 5.32 Å². The number of hydrogen-bond acceptors (Lipinski definition) is 3. The van der Waals surface area contributed by atoms with Crippen molar-refractivity contribution in [3.05, 3.63) is 70.8 Å². The molecule has 0 saturated carbocycles. The Morgan fingerprint density at radius 3 is 2.36 bits per heavy atom. The molecule has 2 aromatic carbocycles. The van der Waals surface area contributed by atoms with E-state index in [4.69, 9.17) is 0 Å². The van der Waals surface area contributed by atoms with Gasteiger partial charge < -0.3 is 10.2 Å². The average molecular weight is 399 g/mol. The van der Waals surface area contributed by atoms with E-state index in [1.54, 1.807) is 24.5 Å². The molecular formula is C22H26N2O3S. The van der Waals surface area contributed by atoms with Crippen LogP contribution in [0.2, 0.25) is 0 Å². The Labute approximate surface area is 168 Å². The van der Waals surface area contributed by atoms with E-state index in [-0.39, 0.29) is 11.8 Å². The number of amides is 2. The first-order chi connectivity index (χ1) is 13.5. The highest BCUT2D eigenvalue weighted by Gasteiger charge is 2.17. The lowest BCUT2D eigenvalue weighted by atomic mass is 10.1. The minimum Gasteiger partial charge on any atom is -0.348 e. The van der Waals surface area contributed by atoms with Crippen LogP contribution in [0.4, 0.5) is 0 Å². The molecular weight excluding hydrogens is 372 g/mol. The van der Waals surface area contributed by atoms with Gasteiger partial charge in [0.25, 0.3) is 11.8 Å². The zero-order chi connectivity index (χ0) is 19.9. The molecule has 1 fully saturated rings. The maximum absolute atomic E-state index is 12.5. The van der Waals surface area contributed by atoms with Gasteiger partial charge in [-0.2, -0.15) is 0 Å². The number of nitrogens with one attached hydrogen (secondary N) is 1. The van der Waals surface area contributed by atoms with Gasteiger partial charge in [-0.05, 0) is 54.7 Å². The zero-order valence-corrected chi connectivity index (χ0v) is 17.0. The Kier molecular flexibility index (Phi) is 6.98. The first-order valence-electron chi connectivity index (χ1n) is 9.58. The van der Waals surface area contributed by atoms with E-state index in [9.17, 15) is 13.8 Å². The second-order valence-corrected chi connectivity index (χ2v) is 8.59. The third-order valence-electron chi connectivity index (χ3n) is 4.86. The summed E-state index contributed by atoms with van der Waals surface area (Å²) in [6.07, 6.45) is 4.99. The third-order valence-corrected chi connectivity index (χ3v) is 5.60. The highest BCUT2D eigenvalue weighted by Crippen LogP contribution is 2.14. The summed E-state index contributed by atoms with van der Waals surface area (Å²) in [5.74, 6) is 0.353. The number of carbonyl (C=O) groups is 2. The second-order valence-electron chi connectivity index (χ2n) is 7.15. The van der Waals surface area contributed by atoms with Gasteiger partial charge in [-0.15, -0.1) is 0 Å². The summed E-state index contributed by atoms with van der Waals surface area (Å²) in [4.78, 5) is 26.8. The summed E-state index contributed by atoms with van der Waals surface area (Å²) in [6.45, 7) is 2.06. The standard InChI is InChI=1S/C22H26N2O3S/c1-28(27)16-18-6-5-7-20(14-18)21(25)23-15-17-8-10-19(11-9-17)22(26)24-12-3-2-4-13-24/h5-11,14H,2-4,12-13,15-16H2,1H3,(H,23,25). The summed E-state index contributed by atoms with van der Waals surface area (Å²) in [5, 5.41) is 2.90. The maximum atomic E-state index is 12.5. The van der Waals surface area contributed by atoms with Crippen LogP contribution in [0.1, 0.15) is 51.1 Å². The van der Waals surface area contributed by atoms with Crippen molar-refractivity contribution in [2.24, 2.45) is 0 Å². The molecule has 0 bridgehead atoms. The van der Waals surface area contributed by atoms with Crippen LogP contribution in [0.5, 0.6) is 0 Å². The predicted octanol–water partition coefficient (Wildman–Crippen LogP) is 3.12. The monoisotopic (exact) mass is 398 g/mol. The lowest BCUT2D eigenvalue weighted by molar-refractivity contribution is 0.0724. The summed E-state index contributed by atoms with van der Waals surface area (Å²) in [6, 6.07) is 14.6. The first-order valence-corrected chi connectivity index (χ1v) is 11.3. The summed E-state index contributed by atoms with van der Waals surface area (Å²) >= 11 is 0. The molecule has 0 spiro atoms. The number of likely N-dealkylation sites (tertiary alicyclic amines) is 1. The molecule has 2 aromatic rings. The van der Waals surface area contributed by atoms with Crippen LogP contribution in [-0.2, 0) is 23.1 Å². The Morgan fingerprint density at radius 2 is 1.68 bits per heavy atom. The van der Waals surface area contributed by atoms with Gasteiger partial charge in [0.05, 0.1) is 0 Å². The van der Waals surface area contributed by atoms with E-state index < -0.39 is 10.8 Å². The fourth-order valence-corrected chi connectivity index (χ4v) is 4.02. The Hall–Kier alpha value is -2.47. The second kappa shape index (κ2) is 9.64. The smallest absolute Gasteiger partial charge is 0.253 e. The molecule has 1 atom stereocenters. The third kappa shape index (κ3) is 5.52. The molecule has 5 nitrogen and oxygen atoms in total. The lowest BCUT2D eigenvalue weighted by Gasteiger charge is -2.26. The highest BCUT2D eigenvalue weighted by molar-refractivity contribution is 7.83. The van der Waals surface area contributed by atoms with Gasteiger partial charge >= 0.3 is 0 Å². The van der Waals surface area contributed by atoms with Crippen molar-refractivity contribution in [1.82, 2.24) is 10.2 Å². The molecule has 2 amide bonds. The van der Waals surface area contributed by atoms with Crippen LogP contribution < -0.4 is 5.32 Å². The molecule has 1 saturated heterocycles. The van der Waals surface area contributed by atoms with Gasteiger partial charge in [0.1, 0.15) is 0 Å². The van der Waals surface area contributed by atoms with E-state index in [0.29, 0.717) is 23.4 Å². The molecule has 0 aromatic heterocycles. The first kappa shape index (κ1) is 20.3. The number of nitrogens with zero attached hydrogens (tertiary/aromatic N) is 1. The van der Waals surface area contributed by atoms with E-state index in [1.807, 2.05) is 35.2 Å². The predicted molar refractivity (Wildman–Crippen MR) is 112 cm³/mol. The van der Waals surface area contributed by atoms with E-state index >= 15 is 0 Å².